The third-order valence-corrected chi connectivity index (χ3v) is 4.50. The average Bonchev–Trinajstić information content (AvgIpc) is 2.89. The summed E-state index contributed by atoms with van der Waals surface area (Å²) in [6.07, 6.45) is 2.75. The van der Waals surface area contributed by atoms with Crippen LogP contribution in [0.4, 0.5) is 0 Å². The minimum absolute atomic E-state index is 0.282. The topological polar surface area (TPSA) is 50.7 Å². The van der Waals surface area contributed by atoms with Gasteiger partial charge in [-0.2, -0.15) is 0 Å². The van der Waals surface area contributed by atoms with Gasteiger partial charge in [0.15, 0.2) is 0 Å². The first kappa shape index (κ1) is 12.6. The van der Waals surface area contributed by atoms with E-state index < -0.39 is 0 Å². The van der Waals surface area contributed by atoms with Crippen molar-refractivity contribution in [3.05, 3.63) is 26.7 Å². The van der Waals surface area contributed by atoms with Crippen molar-refractivity contribution in [2.45, 2.75) is 33.2 Å². The van der Waals surface area contributed by atoms with Crippen LogP contribution in [0.5, 0.6) is 0 Å². The summed E-state index contributed by atoms with van der Waals surface area (Å²) in [6.45, 7) is 7.23. The number of aromatic nitrogens is 3. The molecule has 6 heteroatoms. The molecule has 0 radical (unpaired) electrons. The number of aryl methyl sites for hydroxylation is 2. The fourth-order valence-electron chi connectivity index (χ4n) is 1.65. The monoisotopic (exact) mass is 268 g/mol. The molecule has 0 saturated heterocycles. The van der Waals surface area contributed by atoms with Crippen molar-refractivity contribution in [3.8, 4) is 0 Å². The van der Waals surface area contributed by atoms with E-state index >= 15 is 0 Å². The Hall–Kier alpha value is -0.850. The summed E-state index contributed by atoms with van der Waals surface area (Å²) >= 11 is 3.23. The summed E-state index contributed by atoms with van der Waals surface area (Å²) in [7, 11) is 0. The van der Waals surface area contributed by atoms with Crippen LogP contribution in [0.1, 0.15) is 33.4 Å². The minimum atomic E-state index is 0.282. The summed E-state index contributed by atoms with van der Waals surface area (Å²) < 4.78 is 3.92. The number of likely N-dealkylation sites (N-methyl/N-ethyl adjacent to an activating group) is 1. The van der Waals surface area contributed by atoms with Gasteiger partial charge in [-0.3, -0.25) is 0 Å². The molecule has 0 aromatic carbocycles. The smallest absolute Gasteiger partial charge is 0.0950 e. The largest absolute Gasteiger partial charge is 0.309 e. The zero-order valence-corrected chi connectivity index (χ0v) is 11.9. The number of hydrogen-bond donors (Lipinski definition) is 1. The maximum atomic E-state index is 4.58. The van der Waals surface area contributed by atoms with Crippen LogP contribution in [-0.2, 0) is 6.42 Å². The van der Waals surface area contributed by atoms with Gasteiger partial charge < -0.3 is 5.32 Å². The molecule has 17 heavy (non-hydrogen) atoms. The first-order valence-electron chi connectivity index (χ1n) is 5.64. The fraction of sp³-hybridized carbons (Fsp3) is 0.545. The van der Waals surface area contributed by atoms with Gasteiger partial charge in [0.25, 0.3) is 0 Å². The maximum Gasteiger partial charge on any atom is 0.0950 e. The molecule has 0 spiro atoms. The van der Waals surface area contributed by atoms with Crippen molar-refractivity contribution >= 4 is 22.9 Å². The van der Waals surface area contributed by atoms with Gasteiger partial charge in [0.2, 0.25) is 0 Å². The third kappa shape index (κ3) is 3.08. The highest BCUT2D eigenvalue weighted by molar-refractivity contribution is 7.11. The van der Waals surface area contributed by atoms with Gasteiger partial charge in [-0.15, -0.1) is 16.4 Å². The summed E-state index contributed by atoms with van der Waals surface area (Å²) in [5.41, 5.74) is 1.14. The van der Waals surface area contributed by atoms with Crippen LogP contribution in [0, 0.1) is 13.8 Å². The molecule has 0 bridgehead atoms. The number of rotatable bonds is 5. The fourth-order valence-corrected chi connectivity index (χ4v) is 3.21. The van der Waals surface area contributed by atoms with Crippen LogP contribution < -0.4 is 5.32 Å². The Kier molecular flexibility index (Phi) is 4.20. The van der Waals surface area contributed by atoms with E-state index in [9.17, 15) is 0 Å². The summed E-state index contributed by atoms with van der Waals surface area (Å²) in [5, 5.41) is 8.54. The van der Waals surface area contributed by atoms with E-state index in [2.05, 4.69) is 40.7 Å². The van der Waals surface area contributed by atoms with E-state index in [0.717, 1.165) is 18.7 Å². The van der Waals surface area contributed by atoms with Gasteiger partial charge in [-0.25, -0.2) is 4.98 Å². The minimum Gasteiger partial charge on any atom is -0.309 e. The molecule has 1 unspecified atom stereocenters. The quantitative estimate of drug-likeness (QED) is 0.905. The highest BCUT2D eigenvalue weighted by Crippen LogP contribution is 2.24. The molecule has 0 saturated carbocycles. The molecule has 4 nitrogen and oxygen atoms in total. The third-order valence-electron chi connectivity index (χ3n) is 2.62. The van der Waals surface area contributed by atoms with Crippen molar-refractivity contribution < 1.29 is 0 Å². The Morgan fingerprint density at radius 3 is 2.76 bits per heavy atom. The molecule has 2 rings (SSSR count). The lowest BCUT2D eigenvalue weighted by Crippen LogP contribution is -2.22. The second-order valence-electron chi connectivity index (χ2n) is 3.88. The summed E-state index contributed by atoms with van der Waals surface area (Å²) in [6, 6.07) is 0.282. The number of hydrogen-bond acceptors (Lipinski definition) is 6. The number of nitrogens with one attached hydrogen (secondary N) is 1. The normalized spacial score (nSPS) is 12.9. The SMILES string of the molecule is CCNC(Cc1nc(C)c(C)s1)c1cnns1. The Labute approximate surface area is 109 Å². The molecule has 1 N–H and O–H groups in total. The Morgan fingerprint density at radius 2 is 2.24 bits per heavy atom. The van der Waals surface area contributed by atoms with Crippen LogP contribution in [-0.4, -0.2) is 21.1 Å². The molecular weight excluding hydrogens is 252 g/mol. The zero-order chi connectivity index (χ0) is 12.3. The van der Waals surface area contributed by atoms with Gasteiger partial charge in [-0.1, -0.05) is 11.4 Å². The van der Waals surface area contributed by atoms with Crippen LogP contribution in [0.3, 0.4) is 0 Å². The highest BCUT2D eigenvalue weighted by Gasteiger charge is 2.16. The maximum absolute atomic E-state index is 4.58. The molecule has 0 aliphatic carbocycles. The average molecular weight is 268 g/mol. The lowest BCUT2D eigenvalue weighted by molar-refractivity contribution is 0.556. The lowest BCUT2D eigenvalue weighted by Gasteiger charge is -2.13. The van der Waals surface area contributed by atoms with Crippen LogP contribution in [0.25, 0.3) is 0 Å². The second-order valence-corrected chi connectivity index (χ2v) is 5.99. The number of thiazole rings is 1. The Bertz CT molecular complexity index is 444. The lowest BCUT2D eigenvalue weighted by atomic mass is 10.2. The molecular formula is C11H16N4S2. The van der Waals surface area contributed by atoms with Crippen molar-refractivity contribution in [3.63, 3.8) is 0 Å². The standard InChI is InChI=1S/C11H16N4S2/c1-4-12-9(10-6-13-15-17-10)5-11-14-7(2)8(3)16-11/h6,9,12H,4-5H2,1-3H3. The molecule has 2 heterocycles. The van der Waals surface area contributed by atoms with Gasteiger partial charge in [0, 0.05) is 11.3 Å². The van der Waals surface area contributed by atoms with Crippen LogP contribution in [0.2, 0.25) is 0 Å². The van der Waals surface area contributed by atoms with Crippen LogP contribution >= 0.6 is 22.9 Å². The molecule has 0 amide bonds. The Morgan fingerprint density at radius 1 is 1.41 bits per heavy atom. The predicted molar refractivity (Wildman–Crippen MR) is 71.6 cm³/mol. The van der Waals surface area contributed by atoms with E-state index in [0.29, 0.717) is 0 Å². The van der Waals surface area contributed by atoms with Gasteiger partial charge in [0.1, 0.15) is 0 Å². The molecule has 1 atom stereocenters. The van der Waals surface area contributed by atoms with Crippen molar-refractivity contribution in [1.29, 1.82) is 0 Å². The van der Waals surface area contributed by atoms with Gasteiger partial charge in [0.05, 0.1) is 27.8 Å². The molecule has 0 fully saturated rings. The van der Waals surface area contributed by atoms with Crippen molar-refractivity contribution in [2.24, 2.45) is 0 Å². The van der Waals surface area contributed by atoms with Gasteiger partial charge >= 0.3 is 0 Å². The highest BCUT2D eigenvalue weighted by atomic mass is 32.1. The molecule has 0 aliphatic rings. The van der Waals surface area contributed by atoms with Gasteiger partial charge in [-0.05, 0) is 31.9 Å². The summed E-state index contributed by atoms with van der Waals surface area (Å²) in [5.74, 6) is 0. The van der Waals surface area contributed by atoms with Crippen molar-refractivity contribution in [2.75, 3.05) is 6.54 Å². The first-order valence-corrected chi connectivity index (χ1v) is 7.23. The van der Waals surface area contributed by atoms with Crippen molar-refractivity contribution in [1.82, 2.24) is 19.9 Å². The Balaban J connectivity index is 2.13. The molecule has 2 aromatic heterocycles. The summed E-state index contributed by atoms with van der Waals surface area (Å²) in [4.78, 5) is 7.07. The predicted octanol–water partition coefficient (Wildman–Crippen LogP) is 2.50. The van der Waals surface area contributed by atoms with E-state index in [4.69, 9.17) is 0 Å². The molecule has 92 valence electrons. The molecule has 0 aliphatic heterocycles. The number of nitrogens with zero attached hydrogens (tertiary/aromatic N) is 3. The first-order chi connectivity index (χ1) is 8.20. The second kappa shape index (κ2) is 5.66. The van der Waals surface area contributed by atoms with E-state index in [1.165, 1.54) is 26.3 Å². The van der Waals surface area contributed by atoms with E-state index in [1.807, 2.05) is 6.20 Å². The van der Waals surface area contributed by atoms with Crippen LogP contribution in [0.15, 0.2) is 6.20 Å². The zero-order valence-electron chi connectivity index (χ0n) is 10.2. The van der Waals surface area contributed by atoms with E-state index in [1.54, 1.807) is 11.3 Å². The molecule has 2 aromatic rings. The van der Waals surface area contributed by atoms with E-state index in [-0.39, 0.29) is 6.04 Å².